The molecule has 7 heteroatoms. The monoisotopic (exact) mass is 336 g/mol. The first kappa shape index (κ1) is 19.5. The summed E-state index contributed by atoms with van der Waals surface area (Å²) in [6, 6.07) is 3.31. The average molecular weight is 336 g/mol. The molecule has 7 nitrogen and oxygen atoms in total. The summed E-state index contributed by atoms with van der Waals surface area (Å²) in [4.78, 5) is 34.7. The van der Waals surface area contributed by atoms with Crippen molar-refractivity contribution in [3.8, 4) is 5.75 Å². The highest BCUT2D eigenvalue weighted by molar-refractivity contribution is 5.94. The molecule has 0 heterocycles. The van der Waals surface area contributed by atoms with E-state index in [4.69, 9.17) is 15.2 Å². The summed E-state index contributed by atoms with van der Waals surface area (Å²) in [5.41, 5.74) is 6.16. The fourth-order valence-corrected chi connectivity index (χ4v) is 2.22. The summed E-state index contributed by atoms with van der Waals surface area (Å²) in [6.07, 6.45) is 0.409. The second-order valence-electron chi connectivity index (χ2n) is 5.88. The minimum Gasteiger partial charge on any atom is -0.496 e. The first-order valence-electron chi connectivity index (χ1n) is 7.65. The molecule has 0 bridgehead atoms. The Bertz CT molecular complexity index is 613. The van der Waals surface area contributed by atoms with Crippen LogP contribution in [-0.2, 0) is 16.1 Å². The van der Waals surface area contributed by atoms with Gasteiger partial charge in [0.05, 0.1) is 7.11 Å². The number of ether oxygens (including phenoxy) is 2. The smallest absolute Gasteiger partial charge is 0.329 e. The number of ketones is 1. The minimum atomic E-state index is -0.815. The largest absolute Gasteiger partial charge is 0.496 e. The number of carbonyl (C=O) groups excluding carboxylic acids is 3. The molecule has 0 saturated heterocycles. The van der Waals surface area contributed by atoms with Crippen molar-refractivity contribution in [2.45, 2.75) is 39.8 Å². The van der Waals surface area contributed by atoms with Crippen LogP contribution in [0.15, 0.2) is 18.2 Å². The number of benzene rings is 1. The van der Waals surface area contributed by atoms with E-state index in [1.54, 1.807) is 18.2 Å². The Labute approximate surface area is 141 Å². The molecule has 0 fully saturated rings. The van der Waals surface area contributed by atoms with Gasteiger partial charge in [0, 0.05) is 11.1 Å². The van der Waals surface area contributed by atoms with Crippen LogP contribution in [-0.4, -0.2) is 30.9 Å². The van der Waals surface area contributed by atoms with E-state index in [1.807, 2.05) is 13.8 Å². The molecule has 1 aromatic rings. The highest BCUT2D eigenvalue weighted by Crippen LogP contribution is 2.21. The van der Waals surface area contributed by atoms with Gasteiger partial charge >= 0.3 is 12.0 Å². The number of carbonyl (C=O) groups is 3. The van der Waals surface area contributed by atoms with Crippen molar-refractivity contribution in [1.29, 1.82) is 0 Å². The van der Waals surface area contributed by atoms with Crippen LogP contribution in [0.3, 0.4) is 0 Å². The number of methoxy groups -OCH3 is 1. The first-order chi connectivity index (χ1) is 11.2. The van der Waals surface area contributed by atoms with Gasteiger partial charge in [0.25, 0.3) is 0 Å². The van der Waals surface area contributed by atoms with Crippen LogP contribution in [0.5, 0.6) is 5.75 Å². The molecular formula is C17H24N2O5. The number of hydrogen-bond acceptors (Lipinski definition) is 5. The highest BCUT2D eigenvalue weighted by Gasteiger charge is 2.23. The van der Waals surface area contributed by atoms with Crippen molar-refractivity contribution in [3.05, 3.63) is 29.3 Å². The van der Waals surface area contributed by atoms with Gasteiger partial charge in [0.15, 0.2) is 5.78 Å². The van der Waals surface area contributed by atoms with E-state index in [0.717, 1.165) is 0 Å². The Kier molecular flexibility index (Phi) is 7.23. The molecule has 1 aromatic carbocycles. The zero-order chi connectivity index (χ0) is 18.3. The van der Waals surface area contributed by atoms with Crippen LogP contribution in [0.4, 0.5) is 4.79 Å². The Morgan fingerprint density at radius 3 is 2.42 bits per heavy atom. The second kappa shape index (κ2) is 8.90. The number of Topliss-reactive ketones (excluding diaryl/α,β-unsaturated/α-hetero) is 1. The lowest BCUT2D eigenvalue weighted by molar-refractivity contribution is -0.147. The van der Waals surface area contributed by atoms with E-state index in [-0.39, 0.29) is 18.3 Å². The summed E-state index contributed by atoms with van der Waals surface area (Å²) < 4.78 is 10.5. The molecule has 1 atom stereocenters. The molecule has 0 aliphatic heterocycles. The lowest BCUT2D eigenvalue weighted by atomic mass is 10.0. The number of urea groups is 1. The maximum Gasteiger partial charge on any atom is 0.329 e. The molecule has 0 radical (unpaired) electrons. The molecular weight excluding hydrogens is 312 g/mol. The van der Waals surface area contributed by atoms with Gasteiger partial charge in [-0.25, -0.2) is 9.59 Å². The maximum absolute atomic E-state index is 12.2. The molecule has 0 aromatic heterocycles. The van der Waals surface area contributed by atoms with Gasteiger partial charge in [-0.3, -0.25) is 4.79 Å². The van der Waals surface area contributed by atoms with Gasteiger partial charge in [-0.15, -0.1) is 0 Å². The molecule has 132 valence electrons. The molecule has 2 amide bonds. The molecule has 1 rings (SSSR count). The molecule has 0 aliphatic carbocycles. The number of nitrogens with one attached hydrogen (secondary N) is 1. The summed E-state index contributed by atoms with van der Waals surface area (Å²) in [5, 5.41) is 2.38. The number of hydrogen-bond donors (Lipinski definition) is 2. The zero-order valence-corrected chi connectivity index (χ0v) is 14.4. The summed E-state index contributed by atoms with van der Waals surface area (Å²) in [7, 11) is 1.49. The standard InChI is InChI=1S/C17H24N2O5/c1-10(2)7-14(19-17(18)22)16(21)24-9-13-8-12(11(3)20)5-6-15(13)23-4/h5-6,8,10,14H,7,9H2,1-4H3,(H3,18,19,22)/t14-/m0/s1. The average Bonchev–Trinajstić information content (AvgIpc) is 2.50. The number of nitrogens with two attached hydrogens (primary N) is 1. The van der Waals surface area contributed by atoms with E-state index in [0.29, 0.717) is 23.3 Å². The van der Waals surface area contributed by atoms with Crippen molar-refractivity contribution < 1.29 is 23.9 Å². The minimum absolute atomic E-state index is 0.0713. The fraction of sp³-hybridized carbons (Fsp3) is 0.471. The Morgan fingerprint density at radius 1 is 1.25 bits per heavy atom. The van der Waals surface area contributed by atoms with E-state index in [2.05, 4.69) is 5.32 Å². The topological polar surface area (TPSA) is 108 Å². The van der Waals surface area contributed by atoms with E-state index in [1.165, 1.54) is 14.0 Å². The highest BCUT2D eigenvalue weighted by atomic mass is 16.5. The summed E-state index contributed by atoms with van der Waals surface area (Å²) in [6.45, 7) is 5.22. The predicted octanol–water partition coefficient (Wildman–Crippen LogP) is 2.02. The number of amides is 2. The summed E-state index contributed by atoms with van der Waals surface area (Å²) >= 11 is 0. The molecule has 3 N–H and O–H groups in total. The van der Waals surface area contributed by atoms with Crippen molar-refractivity contribution in [3.63, 3.8) is 0 Å². The predicted molar refractivity (Wildman–Crippen MR) is 88.8 cm³/mol. The maximum atomic E-state index is 12.2. The molecule has 0 spiro atoms. The van der Waals surface area contributed by atoms with Gasteiger partial charge in [0.1, 0.15) is 18.4 Å². The lowest BCUT2D eigenvalue weighted by Crippen LogP contribution is -2.45. The van der Waals surface area contributed by atoms with Crippen molar-refractivity contribution in [2.24, 2.45) is 11.7 Å². The van der Waals surface area contributed by atoms with Crippen LogP contribution in [0, 0.1) is 5.92 Å². The molecule has 0 unspecified atom stereocenters. The van der Waals surface area contributed by atoms with Crippen molar-refractivity contribution >= 4 is 17.8 Å². The van der Waals surface area contributed by atoms with Gasteiger partial charge in [-0.05, 0) is 37.5 Å². The van der Waals surface area contributed by atoms with Gasteiger partial charge in [-0.1, -0.05) is 13.8 Å². The first-order valence-corrected chi connectivity index (χ1v) is 7.65. The molecule has 0 aliphatic rings. The van der Waals surface area contributed by atoms with Crippen LogP contribution < -0.4 is 15.8 Å². The number of rotatable bonds is 8. The summed E-state index contributed by atoms with van der Waals surface area (Å²) in [5.74, 6) is -0.00265. The van der Waals surface area contributed by atoms with Crippen molar-refractivity contribution in [1.82, 2.24) is 5.32 Å². The van der Waals surface area contributed by atoms with Gasteiger partial charge < -0.3 is 20.5 Å². The number of primary amides is 1. The second-order valence-corrected chi connectivity index (χ2v) is 5.88. The number of esters is 1. The quantitative estimate of drug-likeness (QED) is 0.558. The van der Waals surface area contributed by atoms with Crippen LogP contribution in [0.2, 0.25) is 0 Å². The van der Waals surface area contributed by atoms with Gasteiger partial charge in [-0.2, -0.15) is 0 Å². The van der Waals surface area contributed by atoms with E-state index in [9.17, 15) is 14.4 Å². The third kappa shape index (κ3) is 5.91. The third-order valence-corrected chi connectivity index (χ3v) is 3.36. The Hall–Kier alpha value is -2.57. The van der Waals surface area contributed by atoms with E-state index < -0.39 is 18.0 Å². The molecule has 0 saturated carbocycles. The van der Waals surface area contributed by atoms with Crippen molar-refractivity contribution in [2.75, 3.05) is 7.11 Å². The molecule has 24 heavy (non-hydrogen) atoms. The van der Waals surface area contributed by atoms with Gasteiger partial charge in [0.2, 0.25) is 0 Å². The lowest BCUT2D eigenvalue weighted by Gasteiger charge is -2.19. The Morgan fingerprint density at radius 2 is 1.92 bits per heavy atom. The SMILES string of the molecule is COc1ccc(C(C)=O)cc1COC(=O)[C@H](CC(C)C)NC(N)=O. The third-order valence-electron chi connectivity index (χ3n) is 3.36. The fourth-order valence-electron chi connectivity index (χ4n) is 2.22. The van der Waals surface area contributed by atoms with E-state index >= 15 is 0 Å². The zero-order valence-electron chi connectivity index (χ0n) is 14.4. The normalized spacial score (nSPS) is 11.7. The van der Waals surface area contributed by atoms with Crippen LogP contribution in [0.1, 0.15) is 43.1 Å². The van der Waals surface area contributed by atoms with Crippen LogP contribution >= 0.6 is 0 Å². The van der Waals surface area contributed by atoms with Crippen LogP contribution in [0.25, 0.3) is 0 Å². The Balaban J connectivity index is 2.85.